The zero-order valence-electron chi connectivity index (χ0n) is 11.3. The summed E-state index contributed by atoms with van der Waals surface area (Å²) in [7, 11) is 0. The number of halogens is 3. The van der Waals surface area contributed by atoms with Gasteiger partial charge in [-0.3, -0.25) is 0 Å². The molecule has 4 nitrogen and oxygen atoms in total. The van der Waals surface area contributed by atoms with E-state index in [1.165, 1.54) is 31.2 Å². The van der Waals surface area contributed by atoms with Crippen LogP contribution in [0.25, 0.3) is 11.3 Å². The summed E-state index contributed by atoms with van der Waals surface area (Å²) in [6.45, 7) is 3.33. The van der Waals surface area contributed by atoms with E-state index in [0.29, 0.717) is 11.1 Å². The summed E-state index contributed by atoms with van der Waals surface area (Å²) < 4.78 is 47.0. The van der Waals surface area contributed by atoms with Crippen LogP contribution in [-0.2, 0) is 10.9 Å². The van der Waals surface area contributed by atoms with Gasteiger partial charge < -0.3 is 9.15 Å². The zero-order valence-corrected chi connectivity index (χ0v) is 11.3. The van der Waals surface area contributed by atoms with Gasteiger partial charge in [0.25, 0.3) is 0 Å². The number of carbonyl (C=O) groups is 1. The Morgan fingerprint density at radius 3 is 2.38 bits per heavy atom. The van der Waals surface area contributed by atoms with Crippen LogP contribution in [0.1, 0.15) is 28.9 Å². The fourth-order valence-electron chi connectivity index (χ4n) is 1.76. The third kappa shape index (κ3) is 3.24. The summed E-state index contributed by atoms with van der Waals surface area (Å²) in [5.74, 6) is -1.72. The molecular formula is C14H12F3NO3. The lowest BCUT2D eigenvalue weighted by atomic mass is 10.1. The molecule has 0 bridgehead atoms. The molecule has 1 aromatic heterocycles. The SMILES string of the molecule is CCOC(=O)c1ccc(-c2nc(C(F)(F)F)oc2C)cc1. The van der Waals surface area contributed by atoms with Gasteiger partial charge in [0.15, 0.2) is 0 Å². The molecule has 0 spiro atoms. The van der Waals surface area contributed by atoms with E-state index < -0.39 is 18.0 Å². The first-order chi connectivity index (χ1) is 9.82. The van der Waals surface area contributed by atoms with Gasteiger partial charge in [-0.2, -0.15) is 13.2 Å². The van der Waals surface area contributed by atoms with Crippen LogP contribution in [0, 0.1) is 6.92 Å². The van der Waals surface area contributed by atoms with Crippen molar-refractivity contribution in [2.45, 2.75) is 20.0 Å². The first kappa shape index (κ1) is 15.1. The molecule has 0 unspecified atom stereocenters. The van der Waals surface area contributed by atoms with Gasteiger partial charge in [0, 0.05) is 5.56 Å². The molecule has 112 valence electrons. The normalized spacial score (nSPS) is 11.5. The van der Waals surface area contributed by atoms with Gasteiger partial charge in [-0.15, -0.1) is 0 Å². The van der Waals surface area contributed by atoms with Crippen molar-refractivity contribution < 1.29 is 27.1 Å². The van der Waals surface area contributed by atoms with Gasteiger partial charge in [0.1, 0.15) is 11.5 Å². The number of oxazole rings is 1. The van der Waals surface area contributed by atoms with Gasteiger partial charge in [0.05, 0.1) is 12.2 Å². The van der Waals surface area contributed by atoms with Gasteiger partial charge in [-0.05, 0) is 26.0 Å². The van der Waals surface area contributed by atoms with Crippen LogP contribution < -0.4 is 0 Å². The molecule has 0 aliphatic heterocycles. The standard InChI is InChI=1S/C14H12F3NO3/c1-3-20-12(19)10-6-4-9(5-7-10)11-8(2)21-13(18-11)14(15,16)17/h4-7H,3H2,1-2H3. The van der Waals surface area contributed by atoms with Crippen LogP contribution in [-0.4, -0.2) is 17.6 Å². The first-order valence-corrected chi connectivity index (χ1v) is 6.15. The number of alkyl halides is 3. The van der Waals surface area contributed by atoms with Crippen LogP contribution in [0.15, 0.2) is 28.7 Å². The Morgan fingerprint density at radius 1 is 1.29 bits per heavy atom. The lowest BCUT2D eigenvalue weighted by Gasteiger charge is -2.02. The number of esters is 1. The van der Waals surface area contributed by atoms with E-state index in [1.54, 1.807) is 6.92 Å². The second-order valence-electron chi connectivity index (χ2n) is 4.22. The number of aromatic nitrogens is 1. The highest BCUT2D eigenvalue weighted by molar-refractivity contribution is 5.90. The van der Waals surface area contributed by atoms with Crippen molar-refractivity contribution in [2.75, 3.05) is 6.61 Å². The molecule has 0 saturated heterocycles. The fraction of sp³-hybridized carbons (Fsp3) is 0.286. The largest absolute Gasteiger partial charge is 0.468 e. The van der Waals surface area contributed by atoms with Gasteiger partial charge in [-0.1, -0.05) is 12.1 Å². The Bertz CT molecular complexity index is 644. The summed E-state index contributed by atoms with van der Waals surface area (Å²) >= 11 is 0. The number of rotatable bonds is 3. The second kappa shape index (κ2) is 5.59. The maximum atomic E-state index is 12.5. The Balaban J connectivity index is 2.31. The number of ether oxygens (including phenoxy) is 1. The van der Waals surface area contributed by atoms with Gasteiger partial charge in [0.2, 0.25) is 0 Å². The molecule has 0 saturated carbocycles. The summed E-state index contributed by atoms with van der Waals surface area (Å²) in [5.41, 5.74) is 0.843. The van der Waals surface area contributed by atoms with Gasteiger partial charge in [-0.25, -0.2) is 9.78 Å². The summed E-state index contributed by atoms with van der Waals surface area (Å²) in [5, 5.41) is 0. The van der Waals surface area contributed by atoms with Crippen molar-refractivity contribution in [2.24, 2.45) is 0 Å². The molecule has 0 aliphatic carbocycles. The maximum Gasteiger partial charge on any atom is 0.468 e. The summed E-state index contributed by atoms with van der Waals surface area (Å²) in [4.78, 5) is 14.9. The molecule has 2 aromatic rings. The number of hydrogen-bond donors (Lipinski definition) is 0. The average Bonchev–Trinajstić information content (AvgIpc) is 2.81. The molecule has 0 atom stereocenters. The smallest absolute Gasteiger partial charge is 0.462 e. The topological polar surface area (TPSA) is 52.3 Å². The third-order valence-electron chi connectivity index (χ3n) is 2.71. The van der Waals surface area contributed by atoms with E-state index >= 15 is 0 Å². The van der Waals surface area contributed by atoms with E-state index in [9.17, 15) is 18.0 Å². The molecule has 1 aromatic carbocycles. The van der Waals surface area contributed by atoms with E-state index in [0.717, 1.165) is 0 Å². The predicted molar refractivity (Wildman–Crippen MR) is 67.6 cm³/mol. The summed E-state index contributed by atoms with van der Waals surface area (Å²) in [6, 6.07) is 5.93. The van der Waals surface area contributed by atoms with Crippen LogP contribution in [0.3, 0.4) is 0 Å². The van der Waals surface area contributed by atoms with Gasteiger partial charge >= 0.3 is 18.0 Å². The summed E-state index contributed by atoms with van der Waals surface area (Å²) in [6.07, 6.45) is -4.63. The van der Waals surface area contributed by atoms with Crippen LogP contribution in [0.2, 0.25) is 0 Å². The quantitative estimate of drug-likeness (QED) is 0.808. The maximum absolute atomic E-state index is 12.5. The molecule has 0 fully saturated rings. The highest BCUT2D eigenvalue weighted by atomic mass is 19.4. The monoisotopic (exact) mass is 299 g/mol. The fourth-order valence-corrected chi connectivity index (χ4v) is 1.76. The van der Waals surface area contributed by atoms with Crippen molar-refractivity contribution in [3.05, 3.63) is 41.5 Å². The highest BCUT2D eigenvalue weighted by Crippen LogP contribution is 2.33. The third-order valence-corrected chi connectivity index (χ3v) is 2.71. The lowest BCUT2D eigenvalue weighted by Crippen LogP contribution is -2.05. The Morgan fingerprint density at radius 2 is 1.90 bits per heavy atom. The number of carbonyl (C=O) groups excluding carboxylic acids is 1. The Labute approximate surface area is 118 Å². The van der Waals surface area contributed by atoms with E-state index in [-0.39, 0.29) is 18.1 Å². The number of nitrogens with zero attached hydrogens (tertiary/aromatic N) is 1. The molecule has 21 heavy (non-hydrogen) atoms. The second-order valence-corrected chi connectivity index (χ2v) is 4.22. The van der Waals surface area contributed by atoms with Crippen molar-refractivity contribution in [1.29, 1.82) is 0 Å². The Hall–Kier alpha value is -2.31. The lowest BCUT2D eigenvalue weighted by molar-refractivity contribution is -0.157. The number of benzene rings is 1. The average molecular weight is 299 g/mol. The molecule has 0 amide bonds. The molecule has 1 heterocycles. The Kier molecular flexibility index (Phi) is 4.02. The molecular weight excluding hydrogens is 287 g/mol. The predicted octanol–water partition coefficient (Wildman–Crippen LogP) is 3.85. The van der Waals surface area contributed by atoms with E-state index in [2.05, 4.69) is 9.40 Å². The molecule has 0 radical (unpaired) electrons. The minimum Gasteiger partial charge on any atom is -0.462 e. The molecule has 2 rings (SSSR count). The van der Waals surface area contributed by atoms with Crippen LogP contribution >= 0.6 is 0 Å². The van der Waals surface area contributed by atoms with Crippen molar-refractivity contribution in [3.8, 4) is 11.3 Å². The number of aryl methyl sites for hydroxylation is 1. The van der Waals surface area contributed by atoms with Crippen molar-refractivity contribution in [3.63, 3.8) is 0 Å². The zero-order chi connectivity index (χ0) is 15.6. The van der Waals surface area contributed by atoms with Crippen molar-refractivity contribution >= 4 is 5.97 Å². The highest BCUT2D eigenvalue weighted by Gasteiger charge is 2.38. The number of hydrogen-bond acceptors (Lipinski definition) is 4. The van der Waals surface area contributed by atoms with Crippen LogP contribution in [0.4, 0.5) is 13.2 Å². The van der Waals surface area contributed by atoms with Crippen LogP contribution in [0.5, 0.6) is 0 Å². The molecule has 7 heteroatoms. The van der Waals surface area contributed by atoms with E-state index in [4.69, 9.17) is 4.74 Å². The minimum absolute atomic E-state index is 0.0613. The van der Waals surface area contributed by atoms with Crippen molar-refractivity contribution in [1.82, 2.24) is 4.98 Å². The van der Waals surface area contributed by atoms with E-state index in [1.807, 2.05) is 0 Å². The first-order valence-electron chi connectivity index (χ1n) is 6.15. The molecule has 0 N–H and O–H groups in total. The molecule has 0 aliphatic rings. The minimum atomic E-state index is -4.63.